The molecule has 1 aromatic rings. The highest BCUT2D eigenvalue weighted by Gasteiger charge is 2.38. The minimum Gasteiger partial charge on any atom is -0.494 e. The predicted octanol–water partition coefficient (Wildman–Crippen LogP) is 2.05. The molecule has 4 nitrogen and oxygen atoms in total. The molecule has 0 fully saturated rings. The lowest BCUT2D eigenvalue weighted by Gasteiger charge is -2.25. The van der Waals surface area contributed by atoms with E-state index < -0.39 is 8.80 Å². The first-order valence-corrected chi connectivity index (χ1v) is 7.50. The molecule has 0 aliphatic carbocycles. The third-order valence-corrected chi connectivity index (χ3v) is 5.29. The summed E-state index contributed by atoms with van der Waals surface area (Å²) in [5, 5.41) is 0. The zero-order valence-corrected chi connectivity index (χ0v) is 11.9. The van der Waals surface area contributed by atoms with Crippen molar-refractivity contribution in [2.24, 2.45) is 0 Å². The van der Waals surface area contributed by atoms with E-state index in [0.717, 1.165) is 11.3 Å². The summed E-state index contributed by atoms with van der Waals surface area (Å²) in [4.78, 5) is 0. The van der Waals surface area contributed by atoms with Gasteiger partial charge in [0.1, 0.15) is 5.75 Å². The van der Waals surface area contributed by atoms with Crippen molar-refractivity contribution in [1.29, 1.82) is 0 Å². The van der Waals surface area contributed by atoms with Crippen molar-refractivity contribution < 1.29 is 18.0 Å². The molecule has 0 bridgehead atoms. The molecule has 0 radical (unpaired) electrons. The Morgan fingerprint density at radius 1 is 1.00 bits per heavy atom. The van der Waals surface area contributed by atoms with Gasteiger partial charge in [0, 0.05) is 27.4 Å². The van der Waals surface area contributed by atoms with Crippen molar-refractivity contribution in [2.45, 2.75) is 13.0 Å². The van der Waals surface area contributed by atoms with Crippen LogP contribution in [0, 0.1) is 0 Å². The van der Waals surface area contributed by atoms with Crippen LogP contribution in [0.3, 0.4) is 0 Å². The largest absolute Gasteiger partial charge is 0.504 e. The molecule has 0 unspecified atom stereocenters. The Morgan fingerprint density at radius 3 is 2.12 bits per heavy atom. The maximum absolute atomic E-state index is 5.57. The second-order valence-corrected chi connectivity index (χ2v) is 6.46. The first kappa shape index (κ1) is 14.2. The van der Waals surface area contributed by atoms with Crippen molar-refractivity contribution in [3.8, 4) is 5.75 Å². The smallest absolute Gasteiger partial charge is 0.494 e. The second-order valence-electron chi connectivity index (χ2n) is 3.51. The molecule has 0 N–H and O–H groups in total. The van der Waals surface area contributed by atoms with Gasteiger partial charge in [0.2, 0.25) is 0 Å². The summed E-state index contributed by atoms with van der Waals surface area (Å²) in [6.45, 7) is 2.60. The highest BCUT2D eigenvalue weighted by atomic mass is 28.4. The van der Waals surface area contributed by atoms with Gasteiger partial charge in [-0.1, -0.05) is 18.2 Å². The van der Waals surface area contributed by atoms with Gasteiger partial charge in [0.05, 0.1) is 6.61 Å². The van der Waals surface area contributed by atoms with E-state index in [2.05, 4.69) is 0 Å². The fourth-order valence-corrected chi connectivity index (χ4v) is 3.34. The van der Waals surface area contributed by atoms with E-state index in [4.69, 9.17) is 18.0 Å². The van der Waals surface area contributed by atoms with Crippen LogP contribution in [0.4, 0.5) is 0 Å². The Bertz CT molecular complexity index is 331. The molecule has 0 heterocycles. The molecular formula is C12H20O4Si. The number of benzene rings is 1. The number of rotatable bonds is 7. The molecule has 0 aliphatic heterocycles. The summed E-state index contributed by atoms with van der Waals surface area (Å²) in [5.41, 5.74) is 1.05. The van der Waals surface area contributed by atoms with E-state index in [1.807, 2.05) is 31.2 Å². The molecule has 0 aliphatic rings. The van der Waals surface area contributed by atoms with Gasteiger partial charge in [-0.2, -0.15) is 0 Å². The van der Waals surface area contributed by atoms with Crippen molar-refractivity contribution in [3.63, 3.8) is 0 Å². The predicted molar refractivity (Wildman–Crippen MR) is 68.1 cm³/mol. The SMILES string of the molecule is CCOc1ccccc1C[Si](OC)(OC)OC. The molecular weight excluding hydrogens is 236 g/mol. The molecule has 96 valence electrons. The van der Waals surface area contributed by atoms with Crippen LogP contribution in [0.1, 0.15) is 12.5 Å². The van der Waals surface area contributed by atoms with Gasteiger partial charge in [0.25, 0.3) is 0 Å². The highest BCUT2D eigenvalue weighted by Crippen LogP contribution is 2.23. The number of hydrogen-bond acceptors (Lipinski definition) is 4. The first-order valence-electron chi connectivity index (χ1n) is 5.57. The maximum Gasteiger partial charge on any atom is 0.504 e. The van der Waals surface area contributed by atoms with Gasteiger partial charge in [-0.15, -0.1) is 0 Å². The zero-order chi connectivity index (χ0) is 12.7. The molecule has 1 aromatic carbocycles. The summed E-state index contributed by atoms with van der Waals surface area (Å²) in [6, 6.07) is 8.47. The van der Waals surface area contributed by atoms with Crippen molar-refractivity contribution >= 4 is 8.80 Å². The van der Waals surface area contributed by atoms with E-state index in [0.29, 0.717) is 12.7 Å². The fraction of sp³-hybridized carbons (Fsp3) is 0.500. The van der Waals surface area contributed by atoms with E-state index in [-0.39, 0.29) is 0 Å². The molecule has 0 saturated heterocycles. The van der Waals surface area contributed by atoms with Crippen LogP contribution in [-0.4, -0.2) is 36.7 Å². The minimum atomic E-state index is -2.60. The minimum absolute atomic E-state index is 0.604. The third kappa shape index (κ3) is 3.54. The van der Waals surface area contributed by atoms with Gasteiger partial charge in [-0.25, -0.2) is 0 Å². The Hall–Kier alpha value is -0.883. The maximum atomic E-state index is 5.57. The van der Waals surface area contributed by atoms with Crippen molar-refractivity contribution in [3.05, 3.63) is 29.8 Å². The molecule has 5 heteroatoms. The number of hydrogen-bond donors (Lipinski definition) is 0. The summed E-state index contributed by atoms with van der Waals surface area (Å²) in [7, 11) is 2.24. The average Bonchev–Trinajstić information content (AvgIpc) is 2.38. The van der Waals surface area contributed by atoms with Gasteiger partial charge >= 0.3 is 8.80 Å². The molecule has 0 spiro atoms. The zero-order valence-electron chi connectivity index (χ0n) is 10.9. The normalized spacial score (nSPS) is 11.5. The van der Waals surface area contributed by atoms with Crippen LogP contribution in [-0.2, 0) is 19.3 Å². The van der Waals surface area contributed by atoms with Gasteiger partial charge in [0.15, 0.2) is 0 Å². The first-order chi connectivity index (χ1) is 8.21. The van der Waals surface area contributed by atoms with Crippen LogP contribution in [0.25, 0.3) is 0 Å². The van der Waals surface area contributed by atoms with Crippen LogP contribution < -0.4 is 4.74 Å². The molecule has 0 saturated carbocycles. The van der Waals surface area contributed by atoms with Gasteiger partial charge in [-0.05, 0) is 18.6 Å². The molecule has 0 atom stereocenters. The standard InChI is InChI=1S/C12H20O4Si/c1-5-16-12-9-7-6-8-11(12)10-17(13-2,14-3)15-4/h6-9H,5,10H2,1-4H3. The lowest BCUT2D eigenvalue weighted by Crippen LogP contribution is -2.45. The molecule has 0 aromatic heterocycles. The van der Waals surface area contributed by atoms with E-state index in [1.54, 1.807) is 21.3 Å². The lowest BCUT2D eigenvalue weighted by molar-refractivity contribution is 0.122. The number of ether oxygens (including phenoxy) is 1. The van der Waals surface area contributed by atoms with E-state index in [9.17, 15) is 0 Å². The Morgan fingerprint density at radius 2 is 1.59 bits per heavy atom. The lowest BCUT2D eigenvalue weighted by atomic mass is 10.2. The third-order valence-electron chi connectivity index (χ3n) is 2.61. The molecule has 17 heavy (non-hydrogen) atoms. The summed E-state index contributed by atoms with van der Waals surface area (Å²) in [5.74, 6) is 0.859. The Balaban J connectivity index is 2.92. The van der Waals surface area contributed by atoms with E-state index >= 15 is 0 Å². The summed E-state index contributed by atoms with van der Waals surface area (Å²) in [6.07, 6.45) is 0. The Labute approximate surface area is 104 Å². The van der Waals surface area contributed by atoms with Crippen LogP contribution in [0.2, 0.25) is 0 Å². The summed E-state index contributed by atoms with van der Waals surface area (Å²) < 4.78 is 21.8. The van der Waals surface area contributed by atoms with Crippen LogP contribution >= 0.6 is 0 Å². The van der Waals surface area contributed by atoms with Crippen molar-refractivity contribution in [2.75, 3.05) is 27.9 Å². The summed E-state index contributed by atoms with van der Waals surface area (Å²) >= 11 is 0. The molecule has 1 rings (SSSR count). The Kier molecular flexibility index (Phi) is 5.63. The topological polar surface area (TPSA) is 36.9 Å². The van der Waals surface area contributed by atoms with Crippen molar-refractivity contribution in [1.82, 2.24) is 0 Å². The highest BCUT2D eigenvalue weighted by molar-refractivity contribution is 6.60. The quantitative estimate of drug-likeness (QED) is 0.700. The average molecular weight is 256 g/mol. The molecule has 0 amide bonds. The number of para-hydroxylation sites is 1. The van der Waals surface area contributed by atoms with Gasteiger partial charge < -0.3 is 18.0 Å². The van der Waals surface area contributed by atoms with Crippen LogP contribution in [0.5, 0.6) is 5.75 Å². The van der Waals surface area contributed by atoms with E-state index in [1.165, 1.54) is 0 Å². The fourth-order valence-electron chi connectivity index (χ4n) is 1.65. The van der Waals surface area contributed by atoms with Crippen LogP contribution in [0.15, 0.2) is 24.3 Å². The van der Waals surface area contributed by atoms with Gasteiger partial charge in [-0.3, -0.25) is 0 Å². The second kappa shape index (κ2) is 6.76. The monoisotopic (exact) mass is 256 g/mol.